The van der Waals surface area contributed by atoms with Crippen LogP contribution < -0.4 is 16.0 Å². The molecule has 0 aliphatic rings. The summed E-state index contributed by atoms with van der Waals surface area (Å²) in [6, 6.07) is 8.93. The molecule has 0 saturated heterocycles. The number of aliphatic imine (C=N–C) groups is 1. The van der Waals surface area contributed by atoms with E-state index in [4.69, 9.17) is 23.2 Å². The lowest BCUT2D eigenvalue weighted by Gasteiger charge is -2.13. The highest BCUT2D eigenvalue weighted by Crippen LogP contribution is 2.27. The summed E-state index contributed by atoms with van der Waals surface area (Å²) in [4.78, 5) is 17.3. The normalized spacial score (nSPS) is 12.5. The molecule has 1 atom stereocenters. The lowest BCUT2D eigenvalue weighted by atomic mass is 10.2. The first-order chi connectivity index (χ1) is 13.4. The van der Waals surface area contributed by atoms with Crippen LogP contribution in [0.5, 0.6) is 0 Å². The van der Waals surface area contributed by atoms with Gasteiger partial charge in [-0.3, -0.25) is 9.79 Å². The van der Waals surface area contributed by atoms with E-state index in [1.165, 1.54) is 11.3 Å². The number of nitrogens with one attached hydrogen (secondary N) is 3. The van der Waals surface area contributed by atoms with E-state index in [2.05, 4.69) is 20.9 Å². The van der Waals surface area contributed by atoms with Crippen LogP contribution in [0.4, 0.5) is 5.69 Å². The van der Waals surface area contributed by atoms with Gasteiger partial charge in [-0.2, -0.15) is 0 Å². The van der Waals surface area contributed by atoms with Crippen LogP contribution in [0.15, 0.2) is 35.3 Å². The number of anilines is 1. The molecule has 0 aliphatic heterocycles. The van der Waals surface area contributed by atoms with Crippen molar-refractivity contribution < 1.29 is 9.90 Å². The largest absolute Gasteiger partial charge is 0.386 e. The number of carbonyl (C=O) groups excluding carboxylic acids is 1. The first-order valence-electron chi connectivity index (χ1n) is 8.91. The van der Waals surface area contributed by atoms with E-state index >= 15 is 0 Å². The van der Waals surface area contributed by atoms with Crippen molar-refractivity contribution in [1.29, 1.82) is 0 Å². The summed E-state index contributed by atoms with van der Waals surface area (Å²) in [5.41, 5.74) is 1.54. The highest BCUT2D eigenvalue weighted by molar-refractivity contribution is 7.16. The SMILES string of the molecule is CCNC(=NCC(O)c1ccc(Cl)s1)NCCC(=O)Nc1cccc(Cl)c1C. The van der Waals surface area contributed by atoms with Gasteiger partial charge in [0.05, 0.1) is 10.9 Å². The van der Waals surface area contributed by atoms with Crippen molar-refractivity contribution in [2.24, 2.45) is 4.99 Å². The van der Waals surface area contributed by atoms with E-state index in [0.29, 0.717) is 34.1 Å². The smallest absolute Gasteiger partial charge is 0.226 e. The van der Waals surface area contributed by atoms with E-state index in [0.717, 1.165) is 10.4 Å². The predicted molar refractivity (Wildman–Crippen MR) is 118 cm³/mol. The van der Waals surface area contributed by atoms with E-state index < -0.39 is 6.10 Å². The maximum Gasteiger partial charge on any atom is 0.226 e. The summed E-state index contributed by atoms with van der Waals surface area (Å²) in [5.74, 6) is 0.415. The second kappa shape index (κ2) is 11.3. The Balaban J connectivity index is 1.83. The van der Waals surface area contributed by atoms with Gasteiger partial charge in [0, 0.05) is 35.1 Å². The summed E-state index contributed by atoms with van der Waals surface area (Å²) in [5, 5.41) is 19.8. The third-order valence-corrected chi connectivity index (χ3v) is 5.62. The Labute approximate surface area is 179 Å². The molecule has 9 heteroatoms. The summed E-state index contributed by atoms with van der Waals surface area (Å²) < 4.78 is 0.629. The first kappa shape index (κ1) is 22.5. The lowest BCUT2D eigenvalue weighted by Crippen LogP contribution is -2.39. The van der Waals surface area contributed by atoms with Crippen LogP contribution in [-0.2, 0) is 4.79 Å². The molecule has 0 radical (unpaired) electrons. The number of thiophene rings is 1. The molecule has 6 nitrogen and oxygen atoms in total. The zero-order valence-electron chi connectivity index (χ0n) is 15.8. The molecule has 28 heavy (non-hydrogen) atoms. The average Bonchev–Trinajstić information content (AvgIpc) is 3.10. The second-order valence-corrected chi connectivity index (χ2v) is 8.17. The fourth-order valence-corrected chi connectivity index (χ4v) is 3.58. The molecular weight excluding hydrogens is 419 g/mol. The zero-order chi connectivity index (χ0) is 20.5. The number of aliphatic hydroxyl groups is 1. The maximum atomic E-state index is 12.2. The van der Waals surface area contributed by atoms with Crippen LogP contribution in [0.2, 0.25) is 9.36 Å². The van der Waals surface area contributed by atoms with E-state index in [-0.39, 0.29) is 18.9 Å². The molecule has 0 aliphatic carbocycles. The number of amides is 1. The Bertz CT molecular complexity index is 826. The summed E-state index contributed by atoms with van der Waals surface area (Å²) in [6.07, 6.45) is -0.457. The molecule has 0 saturated carbocycles. The maximum absolute atomic E-state index is 12.2. The zero-order valence-corrected chi connectivity index (χ0v) is 18.1. The molecule has 0 fully saturated rings. The van der Waals surface area contributed by atoms with Crippen molar-refractivity contribution >= 4 is 52.1 Å². The van der Waals surface area contributed by atoms with E-state index in [1.807, 2.05) is 19.9 Å². The molecule has 0 spiro atoms. The van der Waals surface area contributed by atoms with Crippen molar-refractivity contribution in [3.8, 4) is 0 Å². The Morgan fingerprint density at radius 3 is 2.71 bits per heavy atom. The number of hydrogen-bond acceptors (Lipinski definition) is 4. The Hall–Kier alpha value is -1.80. The third-order valence-electron chi connectivity index (χ3n) is 3.88. The van der Waals surface area contributed by atoms with Gasteiger partial charge in [-0.1, -0.05) is 29.3 Å². The van der Waals surface area contributed by atoms with Gasteiger partial charge in [0.15, 0.2) is 5.96 Å². The van der Waals surface area contributed by atoms with Crippen molar-refractivity contribution in [3.63, 3.8) is 0 Å². The molecule has 1 aromatic heterocycles. The van der Waals surface area contributed by atoms with Crippen LogP contribution in [0.1, 0.15) is 29.9 Å². The van der Waals surface area contributed by atoms with Gasteiger partial charge in [-0.15, -0.1) is 11.3 Å². The third kappa shape index (κ3) is 6.98. The molecule has 1 amide bonds. The summed E-state index contributed by atoms with van der Waals surface area (Å²) in [7, 11) is 0. The van der Waals surface area contributed by atoms with Gasteiger partial charge in [0.2, 0.25) is 5.91 Å². The van der Waals surface area contributed by atoms with Gasteiger partial charge >= 0.3 is 0 Å². The van der Waals surface area contributed by atoms with Gasteiger partial charge < -0.3 is 21.1 Å². The predicted octanol–water partition coefficient (Wildman–Crippen LogP) is 3.98. The highest BCUT2D eigenvalue weighted by atomic mass is 35.5. The molecular formula is C19H24Cl2N4O2S. The van der Waals surface area contributed by atoms with Crippen LogP contribution >= 0.6 is 34.5 Å². The number of carbonyl (C=O) groups is 1. The van der Waals surface area contributed by atoms with Crippen molar-refractivity contribution in [2.45, 2.75) is 26.4 Å². The van der Waals surface area contributed by atoms with Crippen molar-refractivity contribution in [2.75, 3.05) is 25.0 Å². The molecule has 152 valence electrons. The molecule has 0 bridgehead atoms. The van der Waals surface area contributed by atoms with Crippen LogP contribution in [0.25, 0.3) is 0 Å². The van der Waals surface area contributed by atoms with Crippen molar-refractivity contribution in [1.82, 2.24) is 10.6 Å². The van der Waals surface area contributed by atoms with Gasteiger partial charge in [-0.05, 0) is 43.7 Å². The molecule has 2 rings (SSSR count). The van der Waals surface area contributed by atoms with Gasteiger partial charge in [-0.25, -0.2) is 0 Å². The van der Waals surface area contributed by atoms with Crippen LogP contribution in [0, 0.1) is 6.92 Å². The number of halogens is 2. The quantitative estimate of drug-likeness (QED) is 0.367. The number of hydrogen-bond donors (Lipinski definition) is 4. The van der Waals surface area contributed by atoms with Crippen molar-refractivity contribution in [3.05, 3.63) is 50.1 Å². The standard InChI is InChI=1S/C19H24Cl2N4O2S/c1-3-22-19(24-11-15(26)16-7-8-17(21)28-16)23-10-9-18(27)25-14-6-4-5-13(20)12(14)2/h4-8,15,26H,3,9-11H2,1-2H3,(H,25,27)(H2,22,23,24). The average molecular weight is 443 g/mol. The topological polar surface area (TPSA) is 85.8 Å². The minimum absolute atomic E-state index is 0.123. The highest BCUT2D eigenvalue weighted by Gasteiger charge is 2.11. The first-order valence-corrected chi connectivity index (χ1v) is 10.5. The van der Waals surface area contributed by atoms with Gasteiger partial charge in [0.1, 0.15) is 6.10 Å². The number of benzene rings is 1. The molecule has 1 unspecified atom stereocenters. The number of rotatable bonds is 8. The van der Waals surface area contributed by atoms with E-state index in [1.54, 1.807) is 24.3 Å². The molecule has 1 heterocycles. The van der Waals surface area contributed by atoms with Gasteiger partial charge in [0.25, 0.3) is 0 Å². The summed E-state index contributed by atoms with van der Waals surface area (Å²) in [6.45, 7) is 5.07. The fourth-order valence-electron chi connectivity index (χ4n) is 2.37. The molecule has 1 aromatic carbocycles. The Kier molecular flexibility index (Phi) is 9.05. The molecule has 4 N–H and O–H groups in total. The Morgan fingerprint density at radius 1 is 1.25 bits per heavy atom. The fraction of sp³-hybridized carbons (Fsp3) is 0.368. The number of nitrogens with zero attached hydrogens (tertiary/aromatic N) is 1. The number of aliphatic hydroxyl groups excluding tert-OH is 1. The van der Waals surface area contributed by atoms with Crippen LogP contribution in [-0.4, -0.2) is 36.6 Å². The lowest BCUT2D eigenvalue weighted by molar-refractivity contribution is -0.116. The van der Waals surface area contributed by atoms with E-state index in [9.17, 15) is 9.90 Å². The molecule has 2 aromatic rings. The summed E-state index contributed by atoms with van der Waals surface area (Å²) >= 11 is 13.3. The number of guanidine groups is 1. The minimum atomic E-state index is -0.720. The Morgan fingerprint density at radius 2 is 2.04 bits per heavy atom. The van der Waals surface area contributed by atoms with Crippen LogP contribution in [0.3, 0.4) is 0 Å². The minimum Gasteiger partial charge on any atom is -0.386 e. The second-order valence-electron chi connectivity index (χ2n) is 6.01. The monoisotopic (exact) mass is 442 g/mol.